The van der Waals surface area contributed by atoms with Gasteiger partial charge in [-0.05, 0) is 49.4 Å². The van der Waals surface area contributed by atoms with Gasteiger partial charge >= 0.3 is 0 Å². The zero-order valence-corrected chi connectivity index (χ0v) is 13.2. The topological polar surface area (TPSA) is 39.4 Å². The fraction of sp³-hybridized carbons (Fsp3) is 0.118. The molecule has 0 aliphatic rings. The van der Waals surface area contributed by atoms with Crippen LogP contribution >= 0.6 is 15.9 Å². The van der Waals surface area contributed by atoms with Crippen molar-refractivity contribution in [3.63, 3.8) is 0 Å². The van der Waals surface area contributed by atoms with Crippen LogP contribution in [0.1, 0.15) is 21.7 Å². The predicted molar refractivity (Wildman–Crippen MR) is 85.1 cm³/mol. The molecule has 0 N–H and O–H groups in total. The van der Waals surface area contributed by atoms with E-state index in [2.05, 4.69) is 15.9 Å². The molecule has 0 saturated heterocycles. The van der Waals surface area contributed by atoms with E-state index in [4.69, 9.17) is 9.15 Å². The van der Waals surface area contributed by atoms with Gasteiger partial charge in [0.25, 0.3) is 0 Å². The second-order valence-corrected chi connectivity index (χ2v) is 5.65. The first kappa shape index (κ1) is 13.9. The van der Waals surface area contributed by atoms with E-state index in [-0.39, 0.29) is 5.78 Å². The molecule has 1 aromatic heterocycles. The lowest BCUT2D eigenvalue weighted by Gasteiger charge is -2.03. The summed E-state index contributed by atoms with van der Waals surface area (Å²) in [7, 11) is 1.60. The van der Waals surface area contributed by atoms with Gasteiger partial charge in [0, 0.05) is 15.4 Å². The standard InChI is InChI=1S/C17H13BrO3/c1-10-16(14-8-5-12(18)9-15(14)21-10)17(19)11-3-6-13(20-2)7-4-11/h3-9H,1-2H3. The molecule has 0 unspecified atom stereocenters. The average Bonchev–Trinajstić information content (AvgIpc) is 2.81. The van der Waals surface area contributed by atoms with Crippen LogP contribution in [0.25, 0.3) is 11.0 Å². The molecule has 3 rings (SSSR count). The fourth-order valence-corrected chi connectivity index (χ4v) is 2.70. The highest BCUT2D eigenvalue weighted by Crippen LogP contribution is 2.30. The second-order valence-electron chi connectivity index (χ2n) is 4.73. The lowest BCUT2D eigenvalue weighted by atomic mass is 10.0. The van der Waals surface area contributed by atoms with Gasteiger partial charge in [-0.25, -0.2) is 0 Å². The van der Waals surface area contributed by atoms with Crippen molar-refractivity contribution in [2.75, 3.05) is 7.11 Å². The van der Waals surface area contributed by atoms with E-state index in [1.165, 1.54) is 0 Å². The molecular formula is C17H13BrO3. The third-order valence-corrected chi connectivity index (χ3v) is 3.90. The Morgan fingerprint density at radius 1 is 1.14 bits per heavy atom. The van der Waals surface area contributed by atoms with E-state index in [9.17, 15) is 4.79 Å². The minimum atomic E-state index is -0.0452. The van der Waals surface area contributed by atoms with Crippen LogP contribution in [-0.2, 0) is 0 Å². The number of ether oxygens (including phenoxy) is 1. The van der Waals surface area contributed by atoms with Gasteiger partial charge in [0.1, 0.15) is 17.1 Å². The van der Waals surface area contributed by atoms with Crippen molar-refractivity contribution in [2.24, 2.45) is 0 Å². The molecule has 0 spiro atoms. The van der Waals surface area contributed by atoms with Gasteiger partial charge in [0.15, 0.2) is 5.78 Å². The normalized spacial score (nSPS) is 10.8. The summed E-state index contributed by atoms with van der Waals surface area (Å²) in [5.74, 6) is 1.31. The Kier molecular flexibility index (Phi) is 3.55. The third kappa shape index (κ3) is 2.47. The molecule has 106 valence electrons. The van der Waals surface area contributed by atoms with Crippen molar-refractivity contribution in [2.45, 2.75) is 6.92 Å². The lowest BCUT2D eigenvalue weighted by molar-refractivity contribution is 0.103. The van der Waals surface area contributed by atoms with Crippen molar-refractivity contribution < 1.29 is 13.9 Å². The summed E-state index contributed by atoms with van der Waals surface area (Å²) in [6, 6.07) is 12.8. The molecule has 1 heterocycles. The number of halogens is 1. The highest BCUT2D eigenvalue weighted by molar-refractivity contribution is 9.10. The zero-order valence-electron chi connectivity index (χ0n) is 11.6. The number of hydrogen-bond donors (Lipinski definition) is 0. The van der Waals surface area contributed by atoms with Gasteiger partial charge in [0.2, 0.25) is 0 Å². The average molecular weight is 345 g/mol. The summed E-state index contributed by atoms with van der Waals surface area (Å²) in [4.78, 5) is 12.7. The maximum atomic E-state index is 12.7. The first-order valence-electron chi connectivity index (χ1n) is 6.47. The van der Waals surface area contributed by atoms with Crippen LogP contribution in [0.3, 0.4) is 0 Å². The van der Waals surface area contributed by atoms with E-state index < -0.39 is 0 Å². The Bertz CT molecular complexity index is 816. The van der Waals surface area contributed by atoms with Crippen LogP contribution in [-0.4, -0.2) is 12.9 Å². The van der Waals surface area contributed by atoms with E-state index in [0.717, 1.165) is 15.6 Å². The maximum Gasteiger partial charge on any atom is 0.197 e. The summed E-state index contributed by atoms with van der Waals surface area (Å²) < 4.78 is 11.7. The molecule has 0 amide bonds. The highest BCUT2D eigenvalue weighted by Gasteiger charge is 2.19. The van der Waals surface area contributed by atoms with Crippen molar-refractivity contribution in [3.8, 4) is 5.75 Å². The van der Waals surface area contributed by atoms with Crippen LogP contribution in [0.5, 0.6) is 5.75 Å². The summed E-state index contributed by atoms with van der Waals surface area (Å²) in [5, 5.41) is 0.830. The van der Waals surface area contributed by atoms with Crippen LogP contribution in [0.15, 0.2) is 51.4 Å². The van der Waals surface area contributed by atoms with Crippen LogP contribution in [0, 0.1) is 6.92 Å². The number of aryl methyl sites for hydroxylation is 1. The maximum absolute atomic E-state index is 12.7. The van der Waals surface area contributed by atoms with E-state index in [0.29, 0.717) is 22.5 Å². The van der Waals surface area contributed by atoms with Gasteiger partial charge in [0.05, 0.1) is 12.7 Å². The summed E-state index contributed by atoms with van der Waals surface area (Å²) in [5.41, 5.74) is 1.94. The number of furan rings is 1. The molecule has 0 atom stereocenters. The Morgan fingerprint density at radius 2 is 1.86 bits per heavy atom. The predicted octanol–water partition coefficient (Wildman–Crippen LogP) is 4.74. The van der Waals surface area contributed by atoms with Gasteiger partial charge in [-0.1, -0.05) is 15.9 Å². The number of carbonyl (C=O) groups excluding carboxylic acids is 1. The van der Waals surface area contributed by atoms with E-state index >= 15 is 0 Å². The number of rotatable bonds is 3. The molecule has 0 aliphatic heterocycles. The zero-order chi connectivity index (χ0) is 15.0. The molecule has 3 aromatic rings. The second kappa shape index (κ2) is 5.37. The Hall–Kier alpha value is -2.07. The SMILES string of the molecule is COc1ccc(C(=O)c2c(C)oc3cc(Br)ccc23)cc1. The summed E-state index contributed by atoms with van der Waals surface area (Å²) in [6.45, 7) is 1.81. The smallest absolute Gasteiger partial charge is 0.197 e. The van der Waals surface area contributed by atoms with Gasteiger partial charge in [-0.15, -0.1) is 0 Å². The molecule has 0 aliphatic carbocycles. The molecular weight excluding hydrogens is 332 g/mol. The van der Waals surface area contributed by atoms with Crippen molar-refractivity contribution in [3.05, 3.63) is 63.8 Å². The van der Waals surface area contributed by atoms with Crippen LogP contribution < -0.4 is 4.74 Å². The molecule has 0 radical (unpaired) electrons. The van der Waals surface area contributed by atoms with Crippen molar-refractivity contribution >= 4 is 32.7 Å². The van der Waals surface area contributed by atoms with Crippen LogP contribution in [0.2, 0.25) is 0 Å². The van der Waals surface area contributed by atoms with Gasteiger partial charge in [-0.3, -0.25) is 4.79 Å². The molecule has 0 fully saturated rings. The first-order valence-corrected chi connectivity index (χ1v) is 7.27. The Balaban J connectivity index is 2.10. The molecule has 3 nitrogen and oxygen atoms in total. The van der Waals surface area contributed by atoms with Crippen LogP contribution in [0.4, 0.5) is 0 Å². The lowest BCUT2D eigenvalue weighted by Crippen LogP contribution is -2.02. The first-order chi connectivity index (χ1) is 10.1. The van der Waals surface area contributed by atoms with Gasteiger partial charge < -0.3 is 9.15 Å². The molecule has 0 saturated carbocycles. The molecule has 4 heteroatoms. The minimum Gasteiger partial charge on any atom is -0.497 e. The monoisotopic (exact) mass is 344 g/mol. The minimum absolute atomic E-state index is 0.0452. The molecule has 2 aromatic carbocycles. The van der Waals surface area contributed by atoms with Crippen molar-refractivity contribution in [1.29, 1.82) is 0 Å². The third-order valence-electron chi connectivity index (χ3n) is 3.41. The molecule has 0 bridgehead atoms. The number of benzene rings is 2. The number of methoxy groups -OCH3 is 1. The largest absolute Gasteiger partial charge is 0.497 e. The Labute approximate surface area is 130 Å². The van der Waals surface area contributed by atoms with E-state index in [1.54, 1.807) is 31.4 Å². The summed E-state index contributed by atoms with van der Waals surface area (Å²) in [6.07, 6.45) is 0. The molecule has 21 heavy (non-hydrogen) atoms. The van der Waals surface area contributed by atoms with Crippen molar-refractivity contribution in [1.82, 2.24) is 0 Å². The fourth-order valence-electron chi connectivity index (χ4n) is 2.36. The highest BCUT2D eigenvalue weighted by atomic mass is 79.9. The quantitative estimate of drug-likeness (QED) is 0.644. The number of carbonyl (C=O) groups is 1. The van der Waals surface area contributed by atoms with E-state index in [1.807, 2.05) is 25.1 Å². The number of hydrogen-bond acceptors (Lipinski definition) is 3. The summed E-state index contributed by atoms with van der Waals surface area (Å²) >= 11 is 3.41. The number of ketones is 1. The Morgan fingerprint density at radius 3 is 2.52 bits per heavy atom. The number of fused-ring (bicyclic) bond motifs is 1. The van der Waals surface area contributed by atoms with Gasteiger partial charge in [-0.2, -0.15) is 0 Å².